The minimum atomic E-state index is -4.22. The zero-order valence-electron chi connectivity index (χ0n) is 9.89. The maximum absolute atomic E-state index is 12.2. The molecule has 0 saturated heterocycles. The highest BCUT2D eigenvalue weighted by Crippen LogP contribution is 2.34. The monoisotopic (exact) mass is 264 g/mol. The molecule has 1 atom stereocenters. The van der Waals surface area contributed by atoms with Crippen LogP contribution in [-0.2, 0) is 6.42 Å². The van der Waals surface area contributed by atoms with Crippen LogP contribution in [0.25, 0.3) is 0 Å². The molecule has 1 aromatic rings. The van der Waals surface area contributed by atoms with Crippen LogP contribution in [0.3, 0.4) is 0 Å². The Balaban J connectivity index is 2.67. The van der Waals surface area contributed by atoms with Gasteiger partial charge in [0.2, 0.25) is 0 Å². The number of hydrogen-bond donors (Lipinski definition) is 0. The molecule has 0 aliphatic rings. The van der Waals surface area contributed by atoms with Crippen molar-refractivity contribution in [1.82, 2.24) is 0 Å². The van der Waals surface area contributed by atoms with Crippen LogP contribution in [-0.4, -0.2) is 6.18 Å². The minimum Gasteiger partial charge on any atom is -0.171 e. The van der Waals surface area contributed by atoms with E-state index in [1.54, 1.807) is 12.1 Å². The summed E-state index contributed by atoms with van der Waals surface area (Å²) in [4.78, 5) is 0. The number of hydrogen-bond acceptors (Lipinski definition) is 0. The first-order valence-corrected chi connectivity index (χ1v) is 6.01. The maximum atomic E-state index is 12.2. The lowest BCUT2D eigenvalue weighted by Crippen LogP contribution is -2.10. The Morgan fingerprint density at radius 3 is 2.06 bits per heavy atom. The lowest BCUT2D eigenvalue weighted by molar-refractivity contribution is -0.134. The van der Waals surface area contributed by atoms with E-state index in [2.05, 4.69) is 13.8 Å². The summed E-state index contributed by atoms with van der Waals surface area (Å²) in [5.74, 6) is 0.530. The van der Waals surface area contributed by atoms with Crippen LogP contribution in [0.2, 0.25) is 0 Å². The molecule has 1 unspecified atom stereocenters. The van der Waals surface area contributed by atoms with Crippen molar-refractivity contribution in [1.29, 1.82) is 0 Å². The quantitative estimate of drug-likeness (QED) is 0.662. The van der Waals surface area contributed by atoms with Crippen LogP contribution >= 0.6 is 11.6 Å². The first-order chi connectivity index (χ1) is 7.78. The largest absolute Gasteiger partial charge is 0.390 e. The second kappa shape index (κ2) is 5.76. The number of halogens is 4. The van der Waals surface area contributed by atoms with Crippen molar-refractivity contribution in [2.75, 3.05) is 0 Å². The smallest absolute Gasteiger partial charge is 0.171 e. The van der Waals surface area contributed by atoms with Crippen molar-refractivity contribution in [3.63, 3.8) is 0 Å². The van der Waals surface area contributed by atoms with Crippen LogP contribution in [0.15, 0.2) is 24.3 Å². The predicted molar refractivity (Wildman–Crippen MR) is 64.3 cm³/mol. The molecule has 0 nitrogen and oxygen atoms in total. The summed E-state index contributed by atoms with van der Waals surface area (Å²) in [6.07, 6.45) is -4.28. The molecule has 0 radical (unpaired) electrons. The molecule has 1 aromatic carbocycles. The first-order valence-electron chi connectivity index (χ1n) is 5.57. The van der Waals surface area contributed by atoms with Crippen molar-refractivity contribution < 1.29 is 13.2 Å². The molecule has 1 rings (SSSR count). The molecule has 96 valence electrons. The van der Waals surface area contributed by atoms with Crippen molar-refractivity contribution >= 4 is 11.6 Å². The van der Waals surface area contributed by atoms with Crippen LogP contribution in [0, 0.1) is 5.92 Å². The summed E-state index contributed by atoms with van der Waals surface area (Å²) in [7, 11) is 0. The SMILES string of the molecule is CC(C)Cc1ccc(C(Cl)CC(F)(F)F)cc1. The number of rotatable bonds is 4. The third-order valence-electron chi connectivity index (χ3n) is 2.40. The summed E-state index contributed by atoms with van der Waals surface area (Å²) >= 11 is 5.73. The van der Waals surface area contributed by atoms with Gasteiger partial charge in [0.1, 0.15) is 0 Å². The topological polar surface area (TPSA) is 0 Å². The molecule has 0 aliphatic carbocycles. The zero-order chi connectivity index (χ0) is 13.1. The highest BCUT2D eigenvalue weighted by molar-refractivity contribution is 6.20. The molecular weight excluding hydrogens is 249 g/mol. The lowest BCUT2D eigenvalue weighted by atomic mass is 10.0. The van der Waals surface area contributed by atoms with Gasteiger partial charge in [0.15, 0.2) is 0 Å². The molecule has 17 heavy (non-hydrogen) atoms. The van der Waals surface area contributed by atoms with Crippen molar-refractivity contribution in [2.24, 2.45) is 5.92 Å². The second-order valence-corrected chi connectivity index (χ2v) is 5.15. The molecule has 4 heteroatoms. The van der Waals surface area contributed by atoms with Crippen molar-refractivity contribution in [2.45, 2.75) is 38.2 Å². The zero-order valence-corrected chi connectivity index (χ0v) is 10.6. The van der Waals surface area contributed by atoms with Crippen LogP contribution in [0.5, 0.6) is 0 Å². The standard InChI is InChI=1S/C13H16ClF3/c1-9(2)7-10-3-5-11(6-4-10)12(14)8-13(15,16)17/h3-6,9,12H,7-8H2,1-2H3. The fourth-order valence-corrected chi connectivity index (χ4v) is 1.98. The van der Waals surface area contributed by atoms with Gasteiger partial charge in [-0.15, -0.1) is 11.6 Å². The molecule has 0 amide bonds. The van der Waals surface area contributed by atoms with E-state index in [1.807, 2.05) is 12.1 Å². The number of alkyl halides is 4. The fraction of sp³-hybridized carbons (Fsp3) is 0.538. The van der Waals surface area contributed by atoms with Gasteiger partial charge in [-0.2, -0.15) is 13.2 Å². The van der Waals surface area contributed by atoms with Gasteiger partial charge in [0, 0.05) is 0 Å². The van der Waals surface area contributed by atoms with Crippen molar-refractivity contribution in [3.05, 3.63) is 35.4 Å². The highest BCUT2D eigenvalue weighted by atomic mass is 35.5. The third kappa shape index (κ3) is 5.44. The molecule has 0 N–H and O–H groups in total. The molecule has 0 fully saturated rings. The Bertz CT molecular complexity index is 341. The van der Waals surface area contributed by atoms with E-state index >= 15 is 0 Å². The van der Waals surface area contributed by atoms with Gasteiger partial charge in [-0.05, 0) is 23.5 Å². The van der Waals surface area contributed by atoms with E-state index in [4.69, 9.17) is 11.6 Å². The van der Waals surface area contributed by atoms with Crippen LogP contribution in [0.1, 0.15) is 36.8 Å². The molecule has 0 saturated carbocycles. The van der Waals surface area contributed by atoms with E-state index in [-0.39, 0.29) is 0 Å². The molecule has 0 heterocycles. The van der Waals surface area contributed by atoms with Gasteiger partial charge in [0.25, 0.3) is 0 Å². The second-order valence-electron chi connectivity index (χ2n) is 4.63. The molecule has 0 bridgehead atoms. The van der Waals surface area contributed by atoms with Crippen LogP contribution in [0.4, 0.5) is 13.2 Å². The van der Waals surface area contributed by atoms with Crippen molar-refractivity contribution in [3.8, 4) is 0 Å². The van der Waals surface area contributed by atoms with Crippen LogP contribution < -0.4 is 0 Å². The van der Waals surface area contributed by atoms with Gasteiger partial charge >= 0.3 is 6.18 Å². The maximum Gasteiger partial charge on any atom is 0.390 e. The molecule has 0 aliphatic heterocycles. The molecule has 0 aromatic heterocycles. The predicted octanol–water partition coefficient (Wildman–Crippen LogP) is 5.12. The van der Waals surface area contributed by atoms with E-state index in [0.29, 0.717) is 11.5 Å². The normalized spacial score (nSPS) is 14.1. The summed E-state index contributed by atoms with van der Waals surface area (Å²) in [5, 5.41) is -0.997. The Morgan fingerprint density at radius 1 is 1.12 bits per heavy atom. The average Bonchev–Trinajstić information content (AvgIpc) is 2.15. The van der Waals surface area contributed by atoms with E-state index in [1.165, 1.54) is 0 Å². The van der Waals surface area contributed by atoms with Gasteiger partial charge < -0.3 is 0 Å². The van der Waals surface area contributed by atoms with Gasteiger partial charge in [-0.1, -0.05) is 38.1 Å². The molecular formula is C13H16ClF3. The summed E-state index contributed by atoms with van der Waals surface area (Å²) < 4.78 is 36.5. The van der Waals surface area contributed by atoms with E-state index in [9.17, 15) is 13.2 Å². The number of benzene rings is 1. The first kappa shape index (κ1) is 14.4. The van der Waals surface area contributed by atoms with Gasteiger partial charge in [0.05, 0.1) is 11.8 Å². The summed E-state index contributed by atoms with van der Waals surface area (Å²) in [6.45, 7) is 4.20. The molecule has 0 spiro atoms. The lowest BCUT2D eigenvalue weighted by Gasteiger charge is -2.13. The Labute approximate surface area is 105 Å². The summed E-state index contributed by atoms with van der Waals surface area (Å²) in [5.41, 5.74) is 1.65. The van der Waals surface area contributed by atoms with Gasteiger partial charge in [-0.25, -0.2) is 0 Å². The van der Waals surface area contributed by atoms with E-state index in [0.717, 1.165) is 12.0 Å². The Hall–Kier alpha value is -0.700. The third-order valence-corrected chi connectivity index (χ3v) is 2.80. The summed E-state index contributed by atoms with van der Waals surface area (Å²) in [6, 6.07) is 7.06. The average molecular weight is 265 g/mol. The minimum absolute atomic E-state index is 0.525. The van der Waals surface area contributed by atoms with E-state index < -0.39 is 18.0 Å². The Morgan fingerprint density at radius 2 is 1.65 bits per heavy atom. The fourth-order valence-electron chi connectivity index (χ4n) is 1.66. The van der Waals surface area contributed by atoms with Gasteiger partial charge in [-0.3, -0.25) is 0 Å². The highest BCUT2D eigenvalue weighted by Gasteiger charge is 2.31. The Kier molecular flexibility index (Phi) is 4.87.